The molecule has 0 bridgehead atoms. The summed E-state index contributed by atoms with van der Waals surface area (Å²) < 4.78 is 13.2. The SMILES string of the molecule is O=C(Nc1ccc(Cl)c(F)c1)C(=O)NC1CCCCC1O. The Morgan fingerprint density at radius 1 is 1.24 bits per heavy atom. The second-order valence-electron chi connectivity index (χ2n) is 5.01. The monoisotopic (exact) mass is 314 g/mol. The maximum atomic E-state index is 13.2. The van der Waals surface area contributed by atoms with Crippen LogP contribution in [0.15, 0.2) is 18.2 Å². The van der Waals surface area contributed by atoms with Gasteiger partial charge >= 0.3 is 11.8 Å². The number of carbonyl (C=O) groups is 2. The van der Waals surface area contributed by atoms with Crippen molar-refractivity contribution in [2.24, 2.45) is 0 Å². The molecule has 2 unspecified atom stereocenters. The van der Waals surface area contributed by atoms with Crippen LogP contribution < -0.4 is 10.6 Å². The number of aliphatic hydroxyl groups is 1. The van der Waals surface area contributed by atoms with Gasteiger partial charge in [-0.3, -0.25) is 9.59 Å². The molecule has 114 valence electrons. The van der Waals surface area contributed by atoms with E-state index in [4.69, 9.17) is 11.6 Å². The van der Waals surface area contributed by atoms with Gasteiger partial charge in [-0.05, 0) is 31.0 Å². The summed E-state index contributed by atoms with van der Waals surface area (Å²) in [6, 6.07) is 3.29. The molecule has 0 saturated heterocycles. The minimum absolute atomic E-state index is 0.0669. The first kappa shape index (κ1) is 15.7. The van der Waals surface area contributed by atoms with Crippen LogP contribution in [0.2, 0.25) is 5.02 Å². The van der Waals surface area contributed by atoms with Gasteiger partial charge in [0, 0.05) is 5.69 Å². The van der Waals surface area contributed by atoms with E-state index in [1.54, 1.807) is 0 Å². The van der Waals surface area contributed by atoms with Gasteiger partial charge in [-0.1, -0.05) is 24.4 Å². The molecule has 2 atom stereocenters. The van der Waals surface area contributed by atoms with Gasteiger partial charge in [0.1, 0.15) is 5.82 Å². The predicted octanol–water partition coefficient (Wildman–Crippen LogP) is 1.84. The Labute approximate surface area is 126 Å². The predicted molar refractivity (Wildman–Crippen MR) is 76.4 cm³/mol. The fraction of sp³-hybridized carbons (Fsp3) is 0.429. The smallest absolute Gasteiger partial charge is 0.313 e. The summed E-state index contributed by atoms with van der Waals surface area (Å²) in [5.41, 5.74) is 0.140. The van der Waals surface area contributed by atoms with Crippen LogP contribution in [0.3, 0.4) is 0 Å². The van der Waals surface area contributed by atoms with E-state index in [0.717, 1.165) is 18.9 Å². The van der Waals surface area contributed by atoms with Crippen LogP contribution in [0.5, 0.6) is 0 Å². The molecule has 0 aromatic heterocycles. The molecule has 7 heteroatoms. The topological polar surface area (TPSA) is 78.4 Å². The lowest BCUT2D eigenvalue weighted by Gasteiger charge is -2.27. The number of benzene rings is 1. The standard InChI is InChI=1S/C14H16ClFN2O3/c15-9-6-5-8(7-10(9)16)17-13(20)14(21)18-11-3-1-2-4-12(11)19/h5-7,11-12,19H,1-4H2,(H,17,20)(H,18,21). The third-order valence-electron chi connectivity index (χ3n) is 3.43. The van der Waals surface area contributed by atoms with Crippen molar-refractivity contribution < 1.29 is 19.1 Å². The maximum Gasteiger partial charge on any atom is 0.313 e. The van der Waals surface area contributed by atoms with Gasteiger partial charge in [0.15, 0.2) is 0 Å². The van der Waals surface area contributed by atoms with Crippen molar-refractivity contribution in [1.29, 1.82) is 0 Å². The van der Waals surface area contributed by atoms with Crippen molar-refractivity contribution in [3.05, 3.63) is 29.0 Å². The largest absolute Gasteiger partial charge is 0.391 e. The van der Waals surface area contributed by atoms with E-state index in [2.05, 4.69) is 10.6 Å². The van der Waals surface area contributed by atoms with E-state index in [1.165, 1.54) is 12.1 Å². The Morgan fingerprint density at radius 3 is 2.62 bits per heavy atom. The second-order valence-corrected chi connectivity index (χ2v) is 5.42. The Kier molecular flexibility index (Phi) is 5.14. The molecule has 1 saturated carbocycles. The first-order valence-corrected chi connectivity index (χ1v) is 7.10. The lowest BCUT2D eigenvalue weighted by atomic mass is 9.92. The normalized spacial score (nSPS) is 21.7. The summed E-state index contributed by atoms with van der Waals surface area (Å²) in [6.45, 7) is 0. The highest BCUT2D eigenvalue weighted by Gasteiger charge is 2.26. The number of carbonyl (C=O) groups excluding carboxylic acids is 2. The first-order valence-electron chi connectivity index (χ1n) is 6.72. The molecule has 5 nitrogen and oxygen atoms in total. The van der Waals surface area contributed by atoms with Gasteiger partial charge < -0.3 is 15.7 Å². The highest BCUT2D eigenvalue weighted by molar-refractivity contribution is 6.39. The molecule has 0 radical (unpaired) electrons. The number of nitrogens with one attached hydrogen (secondary N) is 2. The van der Waals surface area contributed by atoms with Gasteiger partial charge in [-0.15, -0.1) is 0 Å². The molecule has 0 heterocycles. The van der Waals surface area contributed by atoms with E-state index in [9.17, 15) is 19.1 Å². The summed E-state index contributed by atoms with van der Waals surface area (Å²) in [7, 11) is 0. The minimum atomic E-state index is -0.908. The third-order valence-corrected chi connectivity index (χ3v) is 3.74. The summed E-state index contributed by atoms with van der Waals surface area (Å²) in [5, 5.41) is 14.5. The first-order chi connectivity index (χ1) is 9.97. The van der Waals surface area contributed by atoms with Crippen molar-refractivity contribution in [1.82, 2.24) is 5.32 Å². The Hall–Kier alpha value is -1.66. The molecule has 1 aliphatic carbocycles. The van der Waals surface area contributed by atoms with Crippen LogP contribution >= 0.6 is 11.6 Å². The summed E-state index contributed by atoms with van der Waals surface area (Å²) in [4.78, 5) is 23.5. The molecule has 1 aliphatic rings. The van der Waals surface area contributed by atoms with Crippen LogP contribution in [0.25, 0.3) is 0 Å². The van der Waals surface area contributed by atoms with Gasteiger partial charge in [0.05, 0.1) is 17.2 Å². The summed E-state index contributed by atoms with van der Waals surface area (Å²) in [5.74, 6) is -2.44. The molecule has 21 heavy (non-hydrogen) atoms. The molecule has 2 rings (SSSR count). The van der Waals surface area contributed by atoms with Gasteiger partial charge in [-0.25, -0.2) is 4.39 Å². The number of anilines is 1. The zero-order valence-corrected chi connectivity index (χ0v) is 12.0. The van der Waals surface area contributed by atoms with E-state index < -0.39 is 29.8 Å². The van der Waals surface area contributed by atoms with E-state index >= 15 is 0 Å². The number of aliphatic hydroxyl groups excluding tert-OH is 1. The molecule has 1 fully saturated rings. The van der Waals surface area contributed by atoms with Crippen molar-refractivity contribution in [2.75, 3.05) is 5.32 Å². The molecular formula is C14H16ClFN2O3. The number of rotatable bonds is 2. The molecule has 2 amide bonds. The van der Waals surface area contributed by atoms with Crippen LogP contribution in [-0.2, 0) is 9.59 Å². The number of hydrogen-bond donors (Lipinski definition) is 3. The number of amides is 2. The second kappa shape index (κ2) is 6.87. The Bertz CT molecular complexity index is 553. The van der Waals surface area contributed by atoms with Gasteiger partial charge in [-0.2, -0.15) is 0 Å². The lowest BCUT2D eigenvalue weighted by Crippen LogP contribution is -2.48. The quantitative estimate of drug-likeness (QED) is 0.729. The Balaban J connectivity index is 1.93. The van der Waals surface area contributed by atoms with Gasteiger partial charge in [0.25, 0.3) is 0 Å². The van der Waals surface area contributed by atoms with Gasteiger partial charge in [0.2, 0.25) is 0 Å². The van der Waals surface area contributed by atoms with E-state index in [0.29, 0.717) is 12.8 Å². The molecule has 0 aliphatic heterocycles. The lowest BCUT2D eigenvalue weighted by molar-refractivity contribution is -0.137. The number of halogens is 2. The van der Waals surface area contributed by atoms with Crippen LogP contribution in [0, 0.1) is 5.82 Å². The van der Waals surface area contributed by atoms with E-state index in [-0.39, 0.29) is 10.7 Å². The molecule has 1 aromatic carbocycles. The van der Waals surface area contributed by atoms with Crippen molar-refractivity contribution in [2.45, 2.75) is 37.8 Å². The van der Waals surface area contributed by atoms with Crippen LogP contribution in [0.4, 0.5) is 10.1 Å². The zero-order chi connectivity index (χ0) is 15.4. The molecule has 0 spiro atoms. The molecule has 1 aromatic rings. The van der Waals surface area contributed by atoms with E-state index in [1.807, 2.05) is 0 Å². The third kappa shape index (κ3) is 4.15. The number of hydrogen-bond acceptors (Lipinski definition) is 3. The Morgan fingerprint density at radius 2 is 1.95 bits per heavy atom. The fourth-order valence-electron chi connectivity index (χ4n) is 2.28. The van der Waals surface area contributed by atoms with Crippen molar-refractivity contribution in [3.8, 4) is 0 Å². The highest BCUT2D eigenvalue weighted by Crippen LogP contribution is 2.19. The molecular weight excluding hydrogens is 299 g/mol. The van der Waals surface area contributed by atoms with Crippen molar-refractivity contribution in [3.63, 3.8) is 0 Å². The summed E-state index contributed by atoms with van der Waals surface area (Å²) in [6.07, 6.45) is 2.41. The molecule has 3 N–H and O–H groups in total. The maximum absolute atomic E-state index is 13.2. The summed E-state index contributed by atoms with van der Waals surface area (Å²) >= 11 is 5.53. The highest BCUT2D eigenvalue weighted by atomic mass is 35.5. The average Bonchev–Trinajstić information content (AvgIpc) is 2.45. The van der Waals surface area contributed by atoms with Crippen LogP contribution in [-0.4, -0.2) is 29.1 Å². The average molecular weight is 315 g/mol. The zero-order valence-electron chi connectivity index (χ0n) is 11.2. The van der Waals surface area contributed by atoms with Crippen molar-refractivity contribution >= 4 is 29.1 Å². The minimum Gasteiger partial charge on any atom is -0.391 e. The van der Waals surface area contributed by atoms with Crippen LogP contribution in [0.1, 0.15) is 25.7 Å². The fourth-order valence-corrected chi connectivity index (χ4v) is 2.39.